The molecule has 1 aliphatic rings. The molecule has 25 heavy (non-hydrogen) atoms. The highest BCUT2D eigenvalue weighted by molar-refractivity contribution is 5.88. The highest BCUT2D eigenvalue weighted by Crippen LogP contribution is 2.41. The van der Waals surface area contributed by atoms with Gasteiger partial charge in [-0.15, -0.1) is 0 Å². The van der Waals surface area contributed by atoms with Crippen molar-refractivity contribution >= 4 is 11.0 Å². The van der Waals surface area contributed by atoms with E-state index in [1.54, 1.807) is 0 Å². The van der Waals surface area contributed by atoms with Crippen LogP contribution in [0, 0.1) is 0 Å². The average molecular weight is 324 g/mol. The van der Waals surface area contributed by atoms with E-state index in [-0.39, 0.29) is 0 Å². The molecular formula is C23H20N2. The molecule has 1 aromatic heterocycles. The third kappa shape index (κ3) is 2.29. The number of aryl methyl sites for hydroxylation is 1. The minimum Gasteiger partial charge on any atom is -0.342 e. The minimum absolute atomic E-state index is 1.00. The number of hydrogen-bond donors (Lipinski definition) is 1. The maximum Gasteiger partial charge on any atom is 0.107 e. The summed E-state index contributed by atoms with van der Waals surface area (Å²) in [5.41, 5.74) is 10.4. The molecule has 122 valence electrons. The first-order chi connectivity index (χ1) is 12.3. The average Bonchev–Trinajstić information content (AvgIpc) is 3.21. The summed E-state index contributed by atoms with van der Waals surface area (Å²) < 4.78 is 0. The Morgan fingerprint density at radius 2 is 1.76 bits per heavy atom. The maximum absolute atomic E-state index is 4.69. The summed E-state index contributed by atoms with van der Waals surface area (Å²) in [6.07, 6.45) is 3.13. The van der Waals surface area contributed by atoms with E-state index in [1.807, 2.05) is 0 Å². The van der Waals surface area contributed by atoms with Crippen molar-refractivity contribution in [2.75, 3.05) is 0 Å². The summed E-state index contributed by atoms with van der Waals surface area (Å²) in [5.74, 6) is 1.08. The van der Waals surface area contributed by atoms with E-state index in [4.69, 9.17) is 0 Å². The summed E-state index contributed by atoms with van der Waals surface area (Å²) in [7, 11) is 0. The third-order valence-corrected chi connectivity index (χ3v) is 5.18. The standard InChI is InChI=1S/C23H20N2/c1-2-6-23-24-21-12-11-16(14-22(21)25-23)18-9-5-10-19-17-8-4-3-7-15(17)13-20(18)19/h3-5,7-12,14H,2,6,13H2,1H3,(H,24,25). The molecule has 5 rings (SSSR count). The van der Waals surface area contributed by atoms with Crippen LogP contribution in [-0.2, 0) is 12.8 Å². The fourth-order valence-corrected chi connectivity index (χ4v) is 4.01. The van der Waals surface area contributed by atoms with Gasteiger partial charge in [-0.05, 0) is 58.4 Å². The summed E-state index contributed by atoms with van der Waals surface area (Å²) in [5, 5.41) is 0. The van der Waals surface area contributed by atoms with Crippen LogP contribution in [0.4, 0.5) is 0 Å². The lowest BCUT2D eigenvalue weighted by atomic mass is 9.95. The number of H-pyrrole nitrogens is 1. The smallest absolute Gasteiger partial charge is 0.107 e. The number of fused-ring (bicyclic) bond motifs is 4. The molecule has 0 aliphatic heterocycles. The Morgan fingerprint density at radius 3 is 2.68 bits per heavy atom. The topological polar surface area (TPSA) is 28.7 Å². The molecule has 2 nitrogen and oxygen atoms in total. The predicted molar refractivity (Wildman–Crippen MR) is 104 cm³/mol. The monoisotopic (exact) mass is 324 g/mol. The number of hydrogen-bond acceptors (Lipinski definition) is 1. The highest BCUT2D eigenvalue weighted by atomic mass is 14.9. The number of aromatic nitrogens is 2. The molecule has 0 atom stereocenters. The summed E-state index contributed by atoms with van der Waals surface area (Å²) >= 11 is 0. The van der Waals surface area contributed by atoms with E-state index in [2.05, 4.69) is 77.6 Å². The number of imidazole rings is 1. The van der Waals surface area contributed by atoms with Crippen LogP contribution in [0.1, 0.15) is 30.3 Å². The van der Waals surface area contributed by atoms with Crippen LogP contribution in [0.15, 0.2) is 60.7 Å². The zero-order valence-corrected chi connectivity index (χ0v) is 14.3. The molecule has 0 bridgehead atoms. The van der Waals surface area contributed by atoms with E-state index < -0.39 is 0 Å². The number of nitrogens with one attached hydrogen (secondary N) is 1. The lowest BCUT2D eigenvalue weighted by Crippen LogP contribution is -1.88. The molecule has 0 saturated carbocycles. The highest BCUT2D eigenvalue weighted by Gasteiger charge is 2.21. The van der Waals surface area contributed by atoms with Crippen molar-refractivity contribution in [2.24, 2.45) is 0 Å². The normalized spacial score (nSPS) is 12.4. The van der Waals surface area contributed by atoms with Gasteiger partial charge in [-0.3, -0.25) is 0 Å². The lowest BCUT2D eigenvalue weighted by molar-refractivity contribution is 0.861. The lowest BCUT2D eigenvalue weighted by Gasteiger charge is -2.09. The van der Waals surface area contributed by atoms with Gasteiger partial charge in [0.25, 0.3) is 0 Å². The molecule has 0 amide bonds. The molecule has 0 unspecified atom stereocenters. The van der Waals surface area contributed by atoms with Crippen LogP contribution in [0.5, 0.6) is 0 Å². The number of rotatable bonds is 3. The van der Waals surface area contributed by atoms with Gasteiger partial charge >= 0.3 is 0 Å². The van der Waals surface area contributed by atoms with Crippen LogP contribution in [0.25, 0.3) is 33.3 Å². The van der Waals surface area contributed by atoms with Crippen molar-refractivity contribution in [3.63, 3.8) is 0 Å². The molecule has 1 heterocycles. The molecule has 1 N–H and O–H groups in total. The van der Waals surface area contributed by atoms with Crippen molar-refractivity contribution in [3.8, 4) is 22.3 Å². The van der Waals surface area contributed by atoms with Crippen LogP contribution in [0.2, 0.25) is 0 Å². The van der Waals surface area contributed by atoms with Gasteiger partial charge < -0.3 is 4.98 Å². The quantitative estimate of drug-likeness (QED) is 0.449. The van der Waals surface area contributed by atoms with Gasteiger partial charge in [0, 0.05) is 6.42 Å². The molecular weight excluding hydrogens is 304 g/mol. The minimum atomic E-state index is 1.00. The predicted octanol–water partition coefficient (Wildman–Crippen LogP) is 5.75. The largest absolute Gasteiger partial charge is 0.342 e. The summed E-state index contributed by atoms with van der Waals surface area (Å²) in [6, 6.07) is 22.0. The molecule has 3 aromatic carbocycles. The third-order valence-electron chi connectivity index (χ3n) is 5.18. The second kappa shape index (κ2) is 5.59. The van der Waals surface area contributed by atoms with Crippen molar-refractivity contribution in [1.82, 2.24) is 9.97 Å². The molecule has 1 aliphatic carbocycles. The number of benzene rings is 3. The maximum atomic E-state index is 4.69. The van der Waals surface area contributed by atoms with Gasteiger partial charge in [0.1, 0.15) is 5.82 Å². The molecule has 2 heteroatoms. The first-order valence-corrected chi connectivity index (χ1v) is 9.02. The van der Waals surface area contributed by atoms with Gasteiger partial charge in [0.2, 0.25) is 0 Å². The van der Waals surface area contributed by atoms with E-state index in [0.29, 0.717) is 0 Å². The van der Waals surface area contributed by atoms with E-state index in [9.17, 15) is 0 Å². The fourth-order valence-electron chi connectivity index (χ4n) is 4.01. The van der Waals surface area contributed by atoms with Crippen LogP contribution < -0.4 is 0 Å². The van der Waals surface area contributed by atoms with Gasteiger partial charge in [-0.2, -0.15) is 0 Å². The fraction of sp³-hybridized carbons (Fsp3) is 0.174. The second-order valence-corrected chi connectivity index (χ2v) is 6.83. The number of nitrogens with zero attached hydrogens (tertiary/aromatic N) is 1. The second-order valence-electron chi connectivity index (χ2n) is 6.83. The zero-order chi connectivity index (χ0) is 16.8. The Hall–Kier alpha value is -2.87. The van der Waals surface area contributed by atoms with Crippen molar-refractivity contribution < 1.29 is 0 Å². The Kier molecular flexibility index (Phi) is 3.24. The Bertz CT molecular complexity index is 1090. The van der Waals surface area contributed by atoms with E-state index in [1.165, 1.54) is 33.4 Å². The molecule has 0 radical (unpaired) electrons. The Labute approximate surface area is 147 Å². The SMILES string of the molecule is CCCc1nc2ccc(-c3cccc4c3Cc3ccccc3-4)cc2[nH]1. The van der Waals surface area contributed by atoms with E-state index in [0.717, 1.165) is 36.1 Å². The zero-order valence-electron chi connectivity index (χ0n) is 14.3. The molecule has 0 spiro atoms. The van der Waals surface area contributed by atoms with Gasteiger partial charge in [-0.1, -0.05) is 55.5 Å². The van der Waals surface area contributed by atoms with Gasteiger partial charge in [0.05, 0.1) is 11.0 Å². The summed E-state index contributed by atoms with van der Waals surface area (Å²) in [6.45, 7) is 2.18. The van der Waals surface area contributed by atoms with Gasteiger partial charge in [-0.25, -0.2) is 4.98 Å². The van der Waals surface area contributed by atoms with Gasteiger partial charge in [0.15, 0.2) is 0 Å². The van der Waals surface area contributed by atoms with Crippen LogP contribution in [-0.4, -0.2) is 9.97 Å². The van der Waals surface area contributed by atoms with Crippen molar-refractivity contribution in [2.45, 2.75) is 26.2 Å². The van der Waals surface area contributed by atoms with E-state index >= 15 is 0 Å². The first kappa shape index (κ1) is 14.5. The van der Waals surface area contributed by atoms with Crippen LogP contribution in [0.3, 0.4) is 0 Å². The van der Waals surface area contributed by atoms with Crippen molar-refractivity contribution in [3.05, 3.63) is 77.6 Å². The first-order valence-electron chi connectivity index (χ1n) is 9.02. The number of aromatic amines is 1. The summed E-state index contributed by atoms with van der Waals surface area (Å²) in [4.78, 5) is 8.17. The Morgan fingerprint density at radius 1 is 0.920 bits per heavy atom. The molecule has 0 saturated heterocycles. The van der Waals surface area contributed by atoms with Crippen LogP contribution >= 0.6 is 0 Å². The molecule has 4 aromatic rings. The Balaban J connectivity index is 1.64. The van der Waals surface area contributed by atoms with Crippen molar-refractivity contribution in [1.29, 1.82) is 0 Å². The molecule has 0 fully saturated rings.